The lowest BCUT2D eigenvalue weighted by Gasteiger charge is -2.09. The zero-order valence-corrected chi connectivity index (χ0v) is 13.3. The zero-order chi connectivity index (χ0) is 15.2. The Morgan fingerprint density at radius 1 is 1.29 bits per heavy atom. The summed E-state index contributed by atoms with van der Waals surface area (Å²) in [5.41, 5.74) is 7.81. The molecule has 0 aliphatic rings. The van der Waals surface area contributed by atoms with Gasteiger partial charge in [0.05, 0.1) is 6.61 Å². The summed E-state index contributed by atoms with van der Waals surface area (Å²) in [4.78, 5) is 12.2. The summed E-state index contributed by atoms with van der Waals surface area (Å²) >= 11 is 3.40. The van der Waals surface area contributed by atoms with Gasteiger partial charge in [0.1, 0.15) is 5.75 Å². The average Bonchev–Trinajstić information content (AvgIpc) is 2.44. The third-order valence-corrected chi connectivity index (χ3v) is 3.34. The van der Waals surface area contributed by atoms with E-state index in [1.165, 1.54) is 0 Å². The summed E-state index contributed by atoms with van der Waals surface area (Å²) in [5.74, 6) is 0.424. The van der Waals surface area contributed by atoms with E-state index in [1.54, 1.807) is 18.2 Å². The second-order valence-corrected chi connectivity index (χ2v) is 5.45. The molecule has 0 aromatic heterocycles. The van der Waals surface area contributed by atoms with Gasteiger partial charge < -0.3 is 15.8 Å². The van der Waals surface area contributed by atoms with Gasteiger partial charge in [0.25, 0.3) is 5.91 Å². The summed E-state index contributed by atoms with van der Waals surface area (Å²) < 4.78 is 6.37. The fraction of sp³-hybridized carbons (Fsp3) is 0.188. The number of nitrogens with one attached hydrogen (secondary N) is 1. The molecule has 0 radical (unpaired) electrons. The number of nitrogen functional groups attached to an aromatic ring is 1. The molecular formula is C16H17BrN2O2. The van der Waals surface area contributed by atoms with Crippen LogP contribution in [-0.2, 0) is 6.54 Å². The summed E-state index contributed by atoms with van der Waals surface area (Å²) in [7, 11) is 0. The molecule has 1 amide bonds. The van der Waals surface area contributed by atoms with E-state index in [1.807, 2.05) is 31.2 Å². The van der Waals surface area contributed by atoms with Crippen LogP contribution in [0.1, 0.15) is 22.8 Å². The first-order valence-electron chi connectivity index (χ1n) is 6.64. The summed E-state index contributed by atoms with van der Waals surface area (Å²) in [5, 5.41) is 2.87. The number of carbonyl (C=O) groups excluding carboxylic acids is 1. The molecule has 0 heterocycles. The largest absolute Gasteiger partial charge is 0.494 e. The van der Waals surface area contributed by atoms with Crippen molar-refractivity contribution >= 4 is 27.5 Å². The molecule has 2 aromatic rings. The van der Waals surface area contributed by atoms with Gasteiger partial charge >= 0.3 is 0 Å². The smallest absolute Gasteiger partial charge is 0.251 e. The number of nitrogens with two attached hydrogens (primary N) is 1. The van der Waals surface area contributed by atoms with Crippen molar-refractivity contribution in [3.8, 4) is 5.75 Å². The molecule has 2 aromatic carbocycles. The molecule has 0 bridgehead atoms. The van der Waals surface area contributed by atoms with Crippen molar-refractivity contribution < 1.29 is 9.53 Å². The van der Waals surface area contributed by atoms with Gasteiger partial charge in [0, 0.05) is 28.3 Å². The molecule has 5 heteroatoms. The van der Waals surface area contributed by atoms with Crippen molar-refractivity contribution in [2.45, 2.75) is 13.5 Å². The maximum Gasteiger partial charge on any atom is 0.251 e. The molecule has 110 valence electrons. The van der Waals surface area contributed by atoms with Crippen LogP contribution in [0.5, 0.6) is 5.75 Å². The number of benzene rings is 2. The van der Waals surface area contributed by atoms with Gasteiger partial charge in [-0.2, -0.15) is 0 Å². The standard InChI is InChI=1S/C16H17BrN2O2/c1-2-21-15-8-12(7-14(18)9-15)16(20)19-10-11-4-3-5-13(17)6-11/h3-9H,2,10,18H2,1H3,(H,19,20). The van der Waals surface area contributed by atoms with E-state index in [2.05, 4.69) is 21.2 Å². The molecular weight excluding hydrogens is 332 g/mol. The molecule has 0 saturated heterocycles. The van der Waals surface area contributed by atoms with Crippen LogP contribution in [-0.4, -0.2) is 12.5 Å². The van der Waals surface area contributed by atoms with Gasteiger partial charge in [0.15, 0.2) is 0 Å². The normalized spacial score (nSPS) is 10.2. The molecule has 4 nitrogen and oxygen atoms in total. The first-order valence-corrected chi connectivity index (χ1v) is 7.44. The predicted octanol–water partition coefficient (Wildman–Crippen LogP) is 3.36. The lowest BCUT2D eigenvalue weighted by atomic mass is 10.1. The van der Waals surface area contributed by atoms with E-state index in [0.717, 1.165) is 10.0 Å². The number of carbonyl (C=O) groups is 1. The van der Waals surface area contributed by atoms with Gasteiger partial charge in [-0.25, -0.2) is 0 Å². The minimum Gasteiger partial charge on any atom is -0.494 e. The van der Waals surface area contributed by atoms with Crippen LogP contribution in [0, 0.1) is 0 Å². The number of ether oxygens (including phenoxy) is 1. The second kappa shape index (κ2) is 7.13. The van der Waals surface area contributed by atoms with Crippen LogP contribution < -0.4 is 15.8 Å². The molecule has 0 fully saturated rings. The fourth-order valence-electron chi connectivity index (χ4n) is 1.93. The zero-order valence-electron chi connectivity index (χ0n) is 11.7. The highest BCUT2D eigenvalue weighted by atomic mass is 79.9. The molecule has 2 rings (SSSR count). The highest BCUT2D eigenvalue weighted by Crippen LogP contribution is 2.19. The second-order valence-electron chi connectivity index (χ2n) is 4.54. The Morgan fingerprint density at radius 3 is 2.81 bits per heavy atom. The predicted molar refractivity (Wildman–Crippen MR) is 87.3 cm³/mol. The lowest BCUT2D eigenvalue weighted by Crippen LogP contribution is -2.23. The SMILES string of the molecule is CCOc1cc(N)cc(C(=O)NCc2cccc(Br)c2)c1. The summed E-state index contributed by atoms with van der Waals surface area (Å²) in [6, 6.07) is 12.8. The van der Waals surface area contributed by atoms with E-state index in [0.29, 0.717) is 30.2 Å². The molecule has 0 atom stereocenters. The van der Waals surface area contributed by atoms with Gasteiger partial charge in [-0.15, -0.1) is 0 Å². The molecule has 3 N–H and O–H groups in total. The molecule has 21 heavy (non-hydrogen) atoms. The highest BCUT2D eigenvalue weighted by Gasteiger charge is 2.08. The first kappa shape index (κ1) is 15.4. The minimum absolute atomic E-state index is 0.178. The van der Waals surface area contributed by atoms with Gasteiger partial charge in [-0.3, -0.25) is 4.79 Å². The first-order chi connectivity index (χ1) is 10.1. The third-order valence-electron chi connectivity index (χ3n) is 2.84. The van der Waals surface area contributed by atoms with Crippen molar-refractivity contribution in [1.29, 1.82) is 0 Å². The fourth-order valence-corrected chi connectivity index (χ4v) is 2.38. The Bertz CT molecular complexity index is 644. The maximum absolute atomic E-state index is 12.2. The monoisotopic (exact) mass is 348 g/mol. The molecule has 0 spiro atoms. The van der Waals surface area contributed by atoms with Gasteiger partial charge in [0.2, 0.25) is 0 Å². The van der Waals surface area contributed by atoms with Crippen LogP contribution in [0.2, 0.25) is 0 Å². The van der Waals surface area contributed by atoms with E-state index in [4.69, 9.17) is 10.5 Å². The lowest BCUT2D eigenvalue weighted by molar-refractivity contribution is 0.0950. The number of hydrogen-bond donors (Lipinski definition) is 2. The Balaban J connectivity index is 2.06. The van der Waals surface area contributed by atoms with Crippen molar-refractivity contribution in [3.05, 3.63) is 58.1 Å². The van der Waals surface area contributed by atoms with E-state index in [9.17, 15) is 4.79 Å². The molecule has 0 aliphatic heterocycles. The Morgan fingerprint density at radius 2 is 2.10 bits per heavy atom. The third kappa shape index (κ3) is 4.49. The van der Waals surface area contributed by atoms with Crippen molar-refractivity contribution in [1.82, 2.24) is 5.32 Å². The van der Waals surface area contributed by atoms with Crippen LogP contribution in [0.15, 0.2) is 46.9 Å². The van der Waals surface area contributed by atoms with Gasteiger partial charge in [-0.05, 0) is 36.8 Å². The highest BCUT2D eigenvalue weighted by molar-refractivity contribution is 9.10. The number of halogens is 1. The summed E-state index contributed by atoms with van der Waals surface area (Å²) in [6.07, 6.45) is 0. The van der Waals surface area contributed by atoms with E-state index >= 15 is 0 Å². The Kier molecular flexibility index (Phi) is 5.22. The number of rotatable bonds is 5. The van der Waals surface area contributed by atoms with Crippen molar-refractivity contribution in [2.75, 3.05) is 12.3 Å². The number of hydrogen-bond acceptors (Lipinski definition) is 3. The quantitative estimate of drug-likeness (QED) is 0.814. The Labute approximate surface area is 132 Å². The van der Waals surface area contributed by atoms with Crippen molar-refractivity contribution in [2.24, 2.45) is 0 Å². The van der Waals surface area contributed by atoms with Gasteiger partial charge in [-0.1, -0.05) is 28.1 Å². The van der Waals surface area contributed by atoms with E-state index < -0.39 is 0 Å². The summed E-state index contributed by atoms with van der Waals surface area (Å²) in [6.45, 7) is 2.87. The average molecular weight is 349 g/mol. The maximum atomic E-state index is 12.2. The topological polar surface area (TPSA) is 64.3 Å². The van der Waals surface area contributed by atoms with E-state index in [-0.39, 0.29) is 5.91 Å². The van der Waals surface area contributed by atoms with Crippen LogP contribution in [0.25, 0.3) is 0 Å². The van der Waals surface area contributed by atoms with Crippen LogP contribution >= 0.6 is 15.9 Å². The molecule has 0 unspecified atom stereocenters. The van der Waals surface area contributed by atoms with Crippen LogP contribution in [0.3, 0.4) is 0 Å². The molecule has 0 saturated carbocycles. The number of anilines is 1. The van der Waals surface area contributed by atoms with Crippen LogP contribution in [0.4, 0.5) is 5.69 Å². The molecule has 0 aliphatic carbocycles. The minimum atomic E-state index is -0.178. The number of amides is 1. The van der Waals surface area contributed by atoms with Crippen molar-refractivity contribution in [3.63, 3.8) is 0 Å². The Hall–Kier alpha value is -2.01.